The van der Waals surface area contributed by atoms with Crippen LogP contribution in [-0.4, -0.2) is 4.57 Å². The quantitative estimate of drug-likeness (QED) is 0.917. The highest BCUT2D eigenvalue weighted by Gasteiger charge is 2.05. The predicted octanol–water partition coefficient (Wildman–Crippen LogP) is 3.47. The number of para-hydroxylation sites is 1. The van der Waals surface area contributed by atoms with E-state index in [9.17, 15) is 0 Å². The number of aryl methyl sites for hydroxylation is 2. The fraction of sp³-hybridized carbons (Fsp3) is 0.214. The fourth-order valence-corrected chi connectivity index (χ4v) is 2.18. The number of benzene rings is 1. The Balaban J connectivity index is 2.14. The Bertz CT molecular complexity index is 588. The molecule has 1 N–H and O–H groups in total. The second-order valence-corrected chi connectivity index (χ2v) is 4.65. The van der Waals surface area contributed by atoms with Crippen molar-refractivity contribution in [1.82, 2.24) is 4.57 Å². The minimum atomic E-state index is 0.653. The van der Waals surface area contributed by atoms with Crippen LogP contribution in [-0.2, 0) is 13.6 Å². The van der Waals surface area contributed by atoms with Crippen LogP contribution in [0.4, 0.5) is 5.69 Å². The van der Waals surface area contributed by atoms with E-state index < -0.39 is 0 Å². The summed E-state index contributed by atoms with van der Waals surface area (Å²) < 4.78 is 1.82. The van der Waals surface area contributed by atoms with Crippen molar-refractivity contribution in [2.45, 2.75) is 13.5 Å². The third-order valence-corrected chi connectivity index (χ3v) is 3.18. The zero-order chi connectivity index (χ0) is 13.1. The van der Waals surface area contributed by atoms with Gasteiger partial charge in [-0.1, -0.05) is 23.7 Å². The highest BCUT2D eigenvalue weighted by Crippen LogP contribution is 2.25. The van der Waals surface area contributed by atoms with Crippen LogP contribution in [0.2, 0.25) is 5.02 Å². The third kappa shape index (κ3) is 2.49. The van der Waals surface area contributed by atoms with Gasteiger partial charge in [0.1, 0.15) is 11.8 Å². The molecule has 0 aliphatic rings. The molecule has 0 unspecified atom stereocenters. The number of nitrogens with one attached hydrogen (secondary N) is 1. The second-order valence-electron chi connectivity index (χ2n) is 4.24. The monoisotopic (exact) mass is 259 g/mol. The minimum Gasteiger partial charge on any atom is -0.379 e. The lowest BCUT2D eigenvalue weighted by atomic mass is 10.2. The predicted molar refractivity (Wildman–Crippen MR) is 73.6 cm³/mol. The molecule has 0 radical (unpaired) electrons. The molecule has 18 heavy (non-hydrogen) atoms. The van der Waals surface area contributed by atoms with E-state index in [0.29, 0.717) is 17.3 Å². The molecule has 1 aromatic heterocycles. The summed E-state index contributed by atoms with van der Waals surface area (Å²) in [6.07, 6.45) is 1.94. The molecule has 0 aliphatic carbocycles. The average Bonchev–Trinajstić information content (AvgIpc) is 2.69. The van der Waals surface area contributed by atoms with Crippen LogP contribution in [0, 0.1) is 18.3 Å². The number of halogens is 1. The molecule has 1 heterocycles. The molecule has 3 nitrogen and oxygen atoms in total. The zero-order valence-electron chi connectivity index (χ0n) is 10.4. The van der Waals surface area contributed by atoms with Crippen molar-refractivity contribution in [3.8, 4) is 6.07 Å². The SMILES string of the molecule is Cc1cccc(Cl)c1NCc1cc(C#N)n(C)c1. The van der Waals surface area contributed by atoms with Crippen molar-refractivity contribution < 1.29 is 0 Å². The van der Waals surface area contributed by atoms with Gasteiger partial charge in [0, 0.05) is 19.8 Å². The summed E-state index contributed by atoms with van der Waals surface area (Å²) in [6, 6.07) is 9.83. The van der Waals surface area contributed by atoms with Crippen LogP contribution in [0.1, 0.15) is 16.8 Å². The van der Waals surface area contributed by atoms with Gasteiger partial charge < -0.3 is 9.88 Å². The number of nitrogens with zero attached hydrogens (tertiary/aromatic N) is 2. The summed E-state index contributed by atoms with van der Waals surface area (Å²) in [6.45, 7) is 2.67. The van der Waals surface area contributed by atoms with E-state index in [4.69, 9.17) is 16.9 Å². The Labute approximate surface area is 112 Å². The summed E-state index contributed by atoms with van der Waals surface area (Å²) >= 11 is 6.14. The maximum atomic E-state index is 8.89. The van der Waals surface area contributed by atoms with E-state index >= 15 is 0 Å². The Morgan fingerprint density at radius 2 is 2.22 bits per heavy atom. The molecule has 0 atom stereocenters. The summed E-state index contributed by atoms with van der Waals surface area (Å²) in [5.41, 5.74) is 3.77. The van der Waals surface area contributed by atoms with Gasteiger partial charge in [-0.25, -0.2) is 0 Å². The molecule has 0 fully saturated rings. The first-order valence-corrected chi connectivity index (χ1v) is 6.04. The van der Waals surface area contributed by atoms with Gasteiger partial charge in [0.05, 0.1) is 10.7 Å². The van der Waals surface area contributed by atoms with E-state index in [2.05, 4.69) is 11.4 Å². The molecule has 1 aromatic carbocycles. The van der Waals surface area contributed by atoms with Crippen LogP contribution < -0.4 is 5.32 Å². The molecular formula is C14H14ClN3. The number of aromatic nitrogens is 1. The van der Waals surface area contributed by atoms with E-state index in [1.807, 2.05) is 49.0 Å². The Kier molecular flexibility index (Phi) is 3.59. The van der Waals surface area contributed by atoms with Crippen molar-refractivity contribution in [2.24, 2.45) is 7.05 Å². The van der Waals surface area contributed by atoms with E-state index in [0.717, 1.165) is 16.8 Å². The van der Waals surface area contributed by atoms with Gasteiger partial charge in [-0.3, -0.25) is 0 Å². The largest absolute Gasteiger partial charge is 0.379 e. The van der Waals surface area contributed by atoms with E-state index in [1.54, 1.807) is 0 Å². The van der Waals surface area contributed by atoms with Crippen molar-refractivity contribution in [3.63, 3.8) is 0 Å². The molecular weight excluding hydrogens is 246 g/mol. The lowest BCUT2D eigenvalue weighted by molar-refractivity contribution is 0.902. The first-order chi connectivity index (χ1) is 8.61. The number of hydrogen-bond acceptors (Lipinski definition) is 2. The maximum Gasteiger partial charge on any atom is 0.120 e. The number of rotatable bonds is 3. The highest BCUT2D eigenvalue weighted by molar-refractivity contribution is 6.33. The normalized spacial score (nSPS) is 10.1. The first kappa shape index (κ1) is 12.5. The van der Waals surface area contributed by atoms with Crippen LogP contribution in [0.25, 0.3) is 0 Å². The topological polar surface area (TPSA) is 40.8 Å². The average molecular weight is 260 g/mol. The van der Waals surface area contributed by atoms with Gasteiger partial charge in [-0.2, -0.15) is 5.26 Å². The lowest BCUT2D eigenvalue weighted by Crippen LogP contribution is -2.00. The van der Waals surface area contributed by atoms with Gasteiger partial charge in [-0.15, -0.1) is 0 Å². The molecule has 2 aromatic rings. The van der Waals surface area contributed by atoms with Crippen molar-refractivity contribution in [2.75, 3.05) is 5.32 Å². The van der Waals surface area contributed by atoms with Gasteiger partial charge >= 0.3 is 0 Å². The minimum absolute atomic E-state index is 0.653. The molecule has 92 valence electrons. The summed E-state index contributed by atoms with van der Waals surface area (Å²) in [5, 5.41) is 12.9. The van der Waals surface area contributed by atoms with Crippen LogP contribution in [0.3, 0.4) is 0 Å². The molecule has 2 rings (SSSR count). The molecule has 0 bridgehead atoms. The lowest BCUT2D eigenvalue weighted by Gasteiger charge is -2.10. The Hall–Kier alpha value is -1.92. The van der Waals surface area contributed by atoms with Crippen LogP contribution >= 0.6 is 11.6 Å². The van der Waals surface area contributed by atoms with Crippen LogP contribution in [0.15, 0.2) is 30.5 Å². The second kappa shape index (κ2) is 5.16. The van der Waals surface area contributed by atoms with E-state index in [-0.39, 0.29) is 0 Å². The summed E-state index contributed by atoms with van der Waals surface area (Å²) in [4.78, 5) is 0. The Morgan fingerprint density at radius 3 is 2.83 bits per heavy atom. The van der Waals surface area contributed by atoms with Crippen molar-refractivity contribution >= 4 is 17.3 Å². The van der Waals surface area contributed by atoms with Gasteiger partial charge in [0.25, 0.3) is 0 Å². The standard InChI is InChI=1S/C14H14ClN3/c1-10-4-3-5-13(15)14(10)17-8-11-6-12(7-16)18(2)9-11/h3-6,9,17H,8H2,1-2H3. The van der Waals surface area contributed by atoms with Gasteiger partial charge in [-0.05, 0) is 30.2 Å². The molecule has 4 heteroatoms. The van der Waals surface area contributed by atoms with Crippen LogP contribution in [0.5, 0.6) is 0 Å². The molecule has 0 saturated carbocycles. The van der Waals surface area contributed by atoms with Gasteiger partial charge in [0.2, 0.25) is 0 Å². The van der Waals surface area contributed by atoms with Crippen molar-refractivity contribution in [3.05, 3.63) is 52.3 Å². The number of nitriles is 1. The third-order valence-electron chi connectivity index (χ3n) is 2.87. The number of hydrogen-bond donors (Lipinski definition) is 1. The van der Waals surface area contributed by atoms with Gasteiger partial charge in [0.15, 0.2) is 0 Å². The maximum absolute atomic E-state index is 8.89. The summed E-state index contributed by atoms with van der Waals surface area (Å²) in [7, 11) is 1.86. The molecule has 0 spiro atoms. The fourth-order valence-electron chi connectivity index (χ4n) is 1.89. The first-order valence-electron chi connectivity index (χ1n) is 5.66. The highest BCUT2D eigenvalue weighted by atomic mass is 35.5. The number of anilines is 1. The molecule has 0 amide bonds. The zero-order valence-corrected chi connectivity index (χ0v) is 11.1. The van der Waals surface area contributed by atoms with E-state index in [1.165, 1.54) is 0 Å². The Morgan fingerprint density at radius 1 is 1.44 bits per heavy atom. The van der Waals surface area contributed by atoms with Crippen molar-refractivity contribution in [1.29, 1.82) is 5.26 Å². The smallest absolute Gasteiger partial charge is 0.120 e. The summed E-state index contributed by atoms with van der Waals surface area (Å²) in [5.74, 6) is 0. The molecule has 0 saturated heterocycles. The molecule has 0 aliphatic heterocycles.